The predicted octanol–water partition coefficient (Wildman–Crippen LogP) is 2.72. The quantitative estimate of drug-likeness (QED) is 0.500. The summed E-state index contributed by atoms with van der Waals surface area (Å²) in [6.07, 6.45) is 1.42. The first-order chi connectivity index (χ1) is 15.3. The lowest BCUT2D eigenvalue weighted by molar-refractivity contribution is 0.103. The molecule has 4 aromatic rings. The molecule has 3 aromatic heterocycles. The number of fused-ring (bicyclic) bond motifs is 1. The lowest BCUT2D eigenvalue weighted by atomic mass is 10.2. The molecule has 1 N–H and O–H groups in total. The van der Waals surface area contributed by atoms with Crippen LogP contribution in [0.15, 0.2) is 46.1 Å². The number of aromatic nitrogens is 4. The Morgan fingerprint density at radius 2 is 1.88 bits per heavy atom. The highest BCUT2D eigenvalue weighted by Crippen LogP contribution is 2.30. The van der Waals surface area contributed by atoms with Gasteiger partial charge in [-0.2, -0.15) is 0 Å². The van der Waals surface area contributed by atoms with Gasteiger partial charge in [-0.05, 0) is 44.2 Å². The Morgan fingerprint density at radius 1 is 1.16 bits per heavy atom. The van der Waals surface area contributed by atoms with Crippen LogP contribution < -0.4 is 21.3 Å². The van der Waals surface area contributed by atoms with Crippen LogP contribution >= 0.6 is 11.3 Å². The molecule has 0 bridgehead atoms. The van der Waals surface area contributed by atoms with Crippen molar-refractivity contribution in [3.05, 3.63) is 67.9 Å². The van der Waals surface area contributed by atoms with Gasteiger partial charge >= 0.3 is 5.69 Å². The molecule has 9 nitrogen and oxygen atoms in total. The van der Waals surface area contributed by atoms with Crippen molar-refractivity contribution in [1.29, 1.82) is 0 Å². The van der Waals surface area contributed by atoms with Crippen molar-refractivity contribution >= 4 is 34.0 Å². The van der Waals surface area contributed by atoms with Gasteiger partial charge in [-0.25, -0.2) is 14.8 Å². The number of hydrogen-bond acceptors (Lipinski definition) is 7. The zero-order valence-electron chi connectivity index (χ0n) is 18.0. The molecular weight excluding hydrogens is 430 g/mol. The van der Waals surface area contributed by atoms with Gasteiger partial charge in [-0.1, -0.05) is 0 Å². The highest BCUT2D eigenvalue weighted by molar-refractivity contribution is 7.17. The fourth-order valence-electron chi connectivity index (χ4n) is 3.31. The molecule has 4 rings (SSSR count). The second-order valence-corrected chi connectivity index (χ2v) is 8.15. The minimum Gasteiger partial charge on any atom is -0.494 e. The molecular formula is C22H21N5O4S. The monoisotopic (exact) mass is 451 g/mol. The largest absolute Gasteiger partial charge is 0.494 e. The van der Waals surface area contributed by atoms with Crippen molar-refractivity contribution in [2.45, 2.75) is 13.8 Å². The first-order valence-corrected chi connectivity index (χ1v) is 10.7. The molecule has 164 valence electrons. The summed E-state index contributed by atoms with van der Waals surface area (Å²) >= 11 is 1.28. The first kappa shape index (κ1) is 21.4. The normalized spacial score (nSPS) is 11.0. The zero-order chi connectivity index (χ0) is 23.0. The summed E-state index contributed by atoms with van der Waals surface area (Å²) in [6, 6.07) is 9.05. The van der Waals surface area contributed by atoms with E-state index < -0.39 is 11.2 Å². The van der Waals surface area contributed by atoms with E-state index >= 15 is 0 Å². The van der Waals surface area contributed by atoms with E-state index in [0.29, 0.717) is 22.9 Å². The molecule has 10 heteroatoms. The third-order valence-corrected chi connectivity index (χ3v) is 6.17. The van der Waals surface area contributed by atoms with Gasteiger partial charge < -0.3 is 10.1 Å². The predicted molar refractivity (Wildman–Crippen MR) is 124 cm³/mol. The summed E-state index contributed by atoms with van der Waals surface area (Å²) in [4.78, 5) is 46.6. The van der Waals surface area contributed by atoms with Crippen LogP contribution in [0.25, 0.3) is 21.6 Å². The first-order valence-electron chi connectivity index (χ1n) is 9.88. The summed E-state index contributed by atoms with van der Waals surface area (Å²) in [5, 5.41) is 3.73. The fraction of sp³-hybridized carbons (Fsp3) is 0.227. The zero-order valence-corrected chi connectivity index (χ0v) is 18.8. The van der Waals surface area contributed by atoms with E-state index in [2.05, 4.69) is 15.3 Å². The van der Waals surface area contributed by atoms with E-state index in [1.54, 1.807) is 14.0 Å². The molecule has 0 unspecified atom stereocenters. The van der Waals surface area contributed by atoms with Crippen molar-refractivity contribution in [3.63, 3.8) is 0 Å². The minimum absolute atomic E-state index is 0.239. The number of ether oxygens (including phenoxy) is 1. The van der Waals surface area contributed by atoms with Crippen LogP contribution in [0.3, 0.4) is 0 Å². The number of carbonyl (C=O) groups is 1. The van der Waals surface area contributed by atoms with Crippen LogP contribution in [0.5, 0.6) is 5.75 Å². The van der Waals surface area contributed by atoms with Gasteiger partial charge in [0.1, 0.15) is 21.3 Å². The topological polar surface area (TPSA) is 108 Å². The molecule has 0 aliphatic heterocycles. The van der Waals surface area contributed by atoms with E-state index in [4.69, 9.17) is 4.74 Å². The third kappa shape index (κ3) is 3.80. The molecule has 3 heterocycles. The van der Waals surface area contributed by atoms with Crippen LogP contribution in [0.1, 0.15) is 22.3 Å². The van der Waals surface area contributed by atoms with Gasteiger partial charge in [0.05, 0.1) is 29.6 Å². The summed E-state index contributed by atoms with van der Waals surface area (Å²) in [7, 11) is 2.94. The smallest absolute Gasteiger partial charge is 0.332 e. The van der Waals surface area contributed by atoms with Crippen molar-refractivity contribution in [2.24, 2.45) is 14.1 Å². The molecule has 0 saturated carbocycles. The lowest BCUT2D eigenvalue weighted by Gasteiger charge is -2.08. The number of nitrogens with zero attached hydrogens (tertiary/aromatic N) is 4. The average Bonchev–Trinajstić information content (AvgIpc) is 3.18. The number of carbonyl (C=O) groups excluding carboxylic acids is 1. The Bertz CT molecular complexity index is 1450. The maximum atomic E-state index is 12.9. The van der Waals surface area contributed by atoms with Crippen LogP contribution in [-0.4, -0.2) is 31.6 Å². The average molecular weight is 452 g/mol. The number of nitrogens with one attached hydrogen (secondary N) is 1. The van der Waals surface area contributed by atoms with Gasteiger partial charge in [0, 0.05) is 19.7 Å². The number of rotatable bonds is 5. The van der Waals surface area contributed by atoms with E-state index in [0.717, 1.165) is 20.9 Å². The van der Waals surface area contributed by atoms with E-state index in [9.17, 15) is 14.4 Å². The van der Waals surface area contributed by atoms with E-state index in [1.807, 2.05) is 31.2 Å². The number of thiazole rings is 1. The van der Waals surface area contributed by atoms with Crippen LogP contribution in [0.2, 0.25) is 0 Å². The molecule has 0 atom stereocenters. The highest BCUT2D eigenvalue weighted by atomic mass is 32.1. The number of aryl methyl sites for hydroxylation is 2. The van der Waals surface area contributed by atoms with Crippen LogP contribution in [0, 0.1) is 6.92 Å². The second kappa shape index (κ2) is 8.39. The number of anilines is 1. The highest BCUT2D eigenvalue weighted by Gasteiger charge is 2.18. The van der Waals surface area contributed by atoms with Gasteiger partial charge in [0.2, 0.25) is 0 Å². The molecule has 1 amide bonds. The van der Waals surface area contributed by atoms with E-state index in [-0.39, 0.29) is 16.9 Å². The second-order valence-electron chi connectivity index (χ2n) is 7.15. The fourth-order valence-corrected chi connectivity index (χ4v) is 4.28. The molecule has 0 saturated heterocycles. The molecule has 1 aromatic carbocycles. The van der Waals surface area contributed by atoms with Crippen molar-refractivity contribution in [1.82, 2.24) is 19.1 Å². The van der Waals surface area contributed by atoms with Gasteiger partial charge in [-0.15, -0.1) is 11.3 Å². The van der Waals surface area contributed by atoms with E-state index in [1.165, 1.54) is 35.2 Å². The maximum Gasteiger partial charge on any atom is 0.332 e. The summed E-state index contributed by atoms with van der Waals surface area (Å²) in [6.45, 7) is 4.28. The summed E-state index contributed by atoms with van der Waals surface area (Å²) in [5.74, 6) is 0.426. The van der Waals surface area contributed by atoms with Crippen LogP contribution in [0.4, 0.5) is 5.69 Å². The number of hydrogen-bond donors (Lipinski definition) is 1. The number of pyridine rings is 1. The van der Waals surface area contributed by atoms with Gasteiger partial charge in [-0.3, -0.25) is 18.7 Å². The Hall–Kier alpha value is -3.79. The maximum absolute atomic E-state index is 12.9. The van der Waals surface area contributed by atoms with Crippen molar-refractivity contribution in [2.75, 3.05) is 11.9 Å². The van der Waals surface area contributed by atoms with Gasteiger partial charge in [0.15, 0.2) is 0 Å². The summed E-state index contributed by atoms with van der Waals surface area (Å²) in [5.41, 5.74) is 1.16. The van der Waals surface area contributed by atoms with Crippen molar-refractivity contribution in [3.8, 4) is 16.3 Å². The standard InChI is InChI=1S/C22H21N5O4S/c1-5-31-15-8-6-13(7-9-15)20-24-12(2)17(32-20)19(28)25-14-10-16-18(23-11-14)26(3)22(30)27(4)21(16)29/h6-11H,5H2,1-4H3,(H,25,28). The minimum atomic E-state index is -0.474. The summed E-state index contributed by atoms with van der Waals surface area (Å²) < 4.78 is 7.76. The SMILES string of the molecule is CCOc1ccc(-c2nc(C)c(C(=O)Nc3cnc4c(c3)c(=O)n(C)c(=O)n4C)s2)cc1. The van der Waals surface area contributed by atoms with Crippen LogP contribution in [-0.2, 0) is 14.1 Å². The van der Waals surface area contributed by atoms with Gasteiger partial charge in [0.25, 0.3) is 11.5 Å². The molecule has 0 aliphatic carbocycles. The van der Waals surface area contributed by atoms with Crippen molar-refractivity contribution < 1.29 is 9.53 Å². The molecule has 0 spiro atoms. The Morgan fingerprint density at radius 3 is 2.56 bits per heavy atom. The lowest BCUT2D eigenvalue weighted by Crippen LogP contribution is -2.37. The Labute approximate surface area is 187 Å². The molecule has 0 fully saturated rings. The molecule has 32 heavy (non-hydrogen) atoms. The number of benzene rings is 1. The number of amides is 1. The Kier molecular flexibility index (Phi) is 5.62. The molecule has 0 radical (unpaired) electrons. The third-order valence-electron chi connectivity index (χ3n) is 4.97. The Balaban J connectivity index is 1.62. The molecule has 0 aliphatic rings.